The minimum Gasteiger partial charge on any atom is -0.445 e. The standard InChI is InChI=1S/C20H28F2N2O5/c1-18(2,3)29-17(27)24-11-7-10-19(13-24,20(21,22)14-25)23-16(26)28-12-15-8-5-4-6-9-15/h4-6,8-9,25H,7,10-14H2,1-3H3,(H,23,26). The molecule has 1 aromatic carbocycles. The molecule has 1 atom stereocenters. The van der Waals surface area contributed by atoms with Gasteiger partial charge in [-0.2, -0.15) is 0 Å². The number of alkyl halides is 2. The Hall–Kier alpha value is -2.42. The summed E-state index contributed by atoms with van der Waals surface area (Å²) < 4.78 is 39.7. The topological polar surface area (TPSA) is 88.1 Å². The molecule has 0 radical (unpaired) electrons. The largest absolute Gasteiger partial charge is 0.445 e. The molecular formula is C20H28F2N2O5. The van der Waals surface area contributed by atoms with E-state index in [1.54, 1.807) is 51.1 Å². The number of carbonyl (C=O) groups is 2. The van der Waals surface area contributed by atoms with Gasteiger partial charge >= 0.3 is 12.2 Å². The number of hydrogen-bond donors (Lipinski definition) is 2. The van der Waals surface area contributed by atoms with Gasteiger partial charge in [0.2, 0.25) is 0 Å². The lowest BCUT2D eigenvalue weighted by molar-refractivity contribution is -0.140. The first-order chi connectivity index (χ1) is 13.5. The van der Waals surface area contributed by atoms with Gasteiger partial charge in [0.25, 0.3) is 5.92 Å². The number of rotatable bonds is 5. The number of aliphatic hydroxyl groups is 1. The fourth-order valence-corrected chi connectivity index (χ4v) is 3.14. The summed E-state index contributed by atoms with van der Waals surface area (Å²) in [5.74, 6) is -3.67. The van der Waals surface area contributed by atoms with Gasteiger partial charge in [-0.25, -0.2) is 18.4 Å². The van der Waals surface area contributed by atoms with Crippen LogP contribution in [0.3, 0.4) is 0 Å². The van der Waals surface area contributed by atoms with E-state index in [9.17, 15) is 23.5 Å². The highest BCUT2D eigenvalue weighted by molar-refractivity contribution is 5.71. The van der Waals surface area contributed by atoms with Gasteiger partial charge in [-0.1, -0.05) is 30.3 Å². The second-order valence-electron chi connectivity index (χ2n) is 8.14. The normalized spacial score (nSPS) is 20.1. The second kappa shape index (κ2) is 8.94. The molecule has 0 saturated carbocycles. The van der Waals surface area contributed by atoms with Crippen molar-refractivity contribution >= 4 is 12.2 Å². The van der Waals surface area contributed by atoms with Crippen LogP contribution in [-0.2, 0) is 16.1 Å². The van der Waals surface area contributed by atoms with Gasteiger partial charge in [-0.15, -0.1) is 0 Å². The predicted octanol–water partition coefficient (Wildman–Crippen LogP) is 3.31. The summed E-state index contributed by atoms with van der Waals surface area (Å²) in [7, 11) is 0. The molecule has 29 heavy (non-hydrogen) atoms. The molecule has 2 N–H and O–H groups in total. The van der Waals surface area contributed by atoms with E-state index in [2.05, 4.69) is 5.32 Å². The number of aliphatic hydroxyl groups excluding tert-OH is 1. The lowest BCUT2D eigenvalue weighted by Gasteiger charge is -2.46. The number of alkyl carbamates (subject to hydrolysis) is 1. The van der Waals surface area contributed by atoms with Crippen molar-refractivity contribution in [2.45, 2.75) is 57.3 Å². The summed E-state index contributed by atoms with van der Waals surface area (Å²) in [4.78, 5) is 25.8. The van der Waals surface area contributed by atoms with Gasteiger partial charge in [-0.3, -0.25) is 0 Å². The number of amides is 2. The molecule has 7 nitrogen and oxygen atoms in total. The molecule has 1 fully saturated rings. The van der Waals surface area contributed by atoms with Crippen molar-refractivity contribution < 1.29 is 33.0 Å². The number of nitrogens with zero attached hydrogens (tertiary/aromatic N) is 1. The van der Waals surface area contributed by atoms with E-state index in [4.69, 9.17) is 9.47 Å². The van der Waals surface area contributed by atoms with Crippen LogP contribution in [0, 0.1) is 0 Å². The molecule has 0 aliphatic carbocycles. The van der Waals surface area contributed by atoms with E-state index in [1.165, 1.54) is 0 Å². The smallest absolute Gasteiger partial charge is 0.410 e. The Balaban J connectivity index is 2.13. The summed E-state index contributed by atoms with van der Waals surface area (Å²) in [6.45, 7) is 3.14. The number of nitrogens with one attached hydrogen (secondary N) is 1. The van der Waals surface area contributed by atoms with E-state index in [0.717, 1.165) is 4.90 Å². The SMILES string of the molecule is CC(C)(C)OC(=O)N1CCCC(NC(=O)OCc2ccccc2)(C(F)(F)CO)C1. The van der Waals surface area contributed by atoms with Crippen LogP contribution in [0.15, 0.2) is 30.3 Å². The summed E-state index contributed by atoms with van der Waals surface area (Å²) in [6, 6.07) is 8.79. The second-order valence-corrected chi connectivity index (χ2v) is 8.14. The zero-order chi connectivity index (χ0) is 21.7. The van der Waals surface area contributed by atoms with Crippen LogP contribution in [0.1, 0.15) is 39.2 Å². The van der Waals surface area contributed by atoms with E-state index < -0.39 is 42.4 Å². The number of benzene rings is 1. The molecule has 1 unspecified atom stereocenters. The van der Waals surface area contributed by atoms with Gasteiger partial charge in [-0.05, 0) is 39.2 Å². The average Bonchev–Trinajstić information content (AvgIpc) is 2.66. The van der Waals surface area contributed by atoms with E-state index >= 15 is 0 Å². The third kappa shape index (κ3) is 6.03. The fraction of sp³-hybridized carbons (Fsp3) is 0.600. The molecule has 1 saturated heterocycles. The molecule has 162 valence electrons. The highest BCUT2D eigenvalue weighted by Gasteiger charge is 2.57. The van der Waals surface area contributed by atoms with E-state index in [1.807, 2.05) is 0 Å². The van der Waals surface area contributed by atoms with Crippen molar-refractivity contribution in [3.8, 4) is 0 Å². The fourth-order valence-electron chi connectivity index (χ4n) is 3.14. The van der Waals surface area contributed by atoms with Crippen LogP contribution in [0.5, 0.6) is 0 Å². The van der Waals surface area contributed by atoms with Crippen LogP contribution in [0.2, 0.25) is 0 Å². The molecule has 2 rings (SSSR count). The number of halogens is 2. The van der Waals surface area contributed by atoms with Gasteiger partial charge < -0.3 is 24.8 Å². The molecule has 1 aromatic rings. The first kappa shape index (κ1) is 22.9. The predicted molar refractivity (Wildman–Crippen MR) is 102 cm³/mol. The van der Waals surface area contributed by atoms with Crippen LogP contribution >= 0.6 is 0 Å². The highest BCUT2D eigenvalue weighted by atomic mass is 19.3. The minimum atomic E-state index is -3.67. The third-order valence-corrected chi connectivity index (χ3v) is 4.60. The first-order valence-electron chi connectivity index (χ1n) is 9.43. The van der Waals surface area contributed by atoms with Gasteiger partial charge in [0, 0.05) is 6.54 Å². The Morgan fingerprint density at radius 3 is 2.48 bits per heavy atom. The summed E-state index contributed by atoms with van der Waals surface area (Å²) in [6.07, 6.45) is -1.73. The molecule has 1 aliphatic rings. The molecular weight excluding hydrogens is 386 g/mol. The van der Waals surface area contributed by atoms with E-state index in [0.29, 0.717) is 5.56 Å². The quantitative estimate of drug-likeness (QED) is 0.772. The maximum atomic E-state index is 14.7. The van der Waals surface area contributed by atoms with Crippen LogP contribution in [-0.4, -0.2) is 59.0 Å². The maximum absolute atomic E-state index is 14.7. The Morgan fingerprint density at radius 1 is 1.24 bits per heavy atom. The van der Waals surface area contributed by atoms with Crippen LogP contribution in [0.25, 0.3) is 0 Å². The number of ether oxygens (including phenoxy) is 2. The van der Waals surface area contributed by atoms with Gasteiger partial charge in [0.05, 0.1) is 6.54 Å². The Labute approximate surface area is 169 Å². The summed E-state index contributed by atoms with van der Waals surface area (Å²) >= 11 is 0. The van der Waals surface area contributed by atoms with Crippen LogP contribution in [0.4, 0.5) is 18.4 Å². The monoisotopic (exact) mass is 414 g/mol. The van der Waals surface area contributed by atoms with Crippen molar-refractivity contribution in [2.75, 3.05) is 19.7 Å². The van der Waals surface area contributed by atoms with Gasteiger partial charge in [0.15, 0.2) is 0 Å². The zero-order valence-corrected chi connectivity index (χ0v) is 16.9. The van der Waals surface area contributed by atoms with Crippen molar-refractivity contribution in [3.63, 3.8) is 0 Å². The number of carbonyl (C=O) groups excluding carboxylic acids is 2. The average molecular weight is 414 g/mol. The maximum Gasteiger partial charge on any atom is 0.410 e. The first-order valence-corrected chi connectivity index (χ1v) is 9.43. The molecule has 1 aliphatic heterocycles. The summed E-state index contributed by atoms with van der Waals surface area (Å²) in [5.41, 5.74) is -2.26. The molecule has 9 heteroatoms. The number of hydrogen-bond acceptors (Lipinski definition) is 5. The molecule has 1 heterocycles. The van der Waals surface area contributed by atoms with Gasteiger partial charge in [0.1, 0.15) is 24.4 Å². The zero-order valence-electron chi connectivity index (χ0n) is 16.9. The minimum absolute atomic E-state index is 0.0940. The lowest BCUT2D eigenvalue weighted by Crippen LogP contribution is -2.69. The highest BCUT2D eigenvalue weighted by Crippen LogP contribution is 2.36. The number of piperidine rings is 1. The molecule has 2 amide bonds. The van der Waals surface area contributed by atoms with Crippen molar-refractivity contribution in [1.29, 1.82) is 0 Å². The Kier molecular flexibility index (Phi) is 7.05. The molecule has 0 aromatic heterocycles. The Morgan fingerprint density at radius 2 is 1.90 bits per heavy atom. The summed E-state index contributed by atoms with van der Waals surface area (Å²) in [5, 5.41) is 11.5. The lowest BCUT2D eigenvalue weighted by atomic mass is 9.83. The third-order valence-electron chi connectivity index (χ3n) is 4.60. The van der Waals surface area contributed by atoms with Crippen molar-refractivity contribution in [1.82, 2.24) is 10.2 Å². The number of likely N-dealkylation sites (tertiary alicyclic amines) is 1. The van der Waals surface area contributed by atoms with Crippen molar-refractivity contribution in [3.05, 3.63) is 35.9 Å². The van der Waals surface area contributed by atoms with Crippen molar-refractivity contribution in [2.24, 2.45) is 0 Å². The molecule has 0 spiro atoms. The molecule has 0 bridgehead atoms. The Bertz CT molecular complexity index is 709. The van der Waals surface area contributed by atoms with Crippen LogP contribution < -0.4 is 5.32 Å². The van der Waals surface area contributed by atoms with E-state index in [-0.39, 0.29) is 26.0 Å².